The van der Waals surface area contributed by atoms with Crippen LogP contribution in [0.5, 0.6) is 0 Å². The van der Waals surface area contributed by atoms with Crippen molar-refractivity contribution in [1.82, 2.24) is 4.90 Å². The van der Waals surface area contributed by atoms with Crippen LogP contribution in [-0.2, 0) is 0 Å². The van der Waals surface area contributed by atoms with Gasteiger partial charge >= 0.3 is 0 Å². The lowest BCUT2D eigenvalue weighted by molar-refractivity contribution is 0.0745. The van der Waals surface area contributed by atoms with Crippen molar-refractivity contribution in [2.45, 2.75) is 13.0 Å². The molecule has 0 radical (unpaired) electrons. The average molecular weight is 275 g/mol. The molecule has 5 heteroatoms. The first-order valence-electron chi connectivity index (χ1n) is 5.95. The number of thiophene rings is 1. The standard InChI is InChI=1S/C14H17N3OS/c1-9(13-4-3-5-19-13)17(2)14(18)10-6-11(15)8-12(16)7-10/h3-9H,15-16H2,1-2H3. The van der Waals surface area contributed by atoms with Gasteiger partial charge < -0.3 is 16.4 Å². The molecule has 0 aliphatic heterocycles. The maximum atomic E-state index is 12.4. The third-order valence-electron chi connectivity index (χ3n) is 3.08. The molecule has 0 bridgehead atoms. The highest BCUT2D eigenvalue weighted by Crippen LogP contribution is 2.25. The van der Waals surface area contributed by atoms with Gasteiger partial charge in [-0.25, -0.2) is 0 Å². The normalized spacial score (nSPS) is 12.1. The van der Waals surface area contributed by atoms with Gasteiger partial charge in [-0.1, -0.05) is 6.07 Å². The molecular weight excluding hydrogens is 258 g/mol. The smallest absolute Gasteiger partial charge is 0.254 e. The van der Waals surface area contributed by atoms with E-state index in [1.807, 2.05) is 24.4 Å². The second kappa shape index (κ2) is 5.32. The van der Waals surface area contributed by atoms with E-state index in [1.165, 1.54) is 0 Å². The molecule has 4 nitrogen and oxygen atoms in total. The molecule has 0 saturated heterocycles. The molecular formula is C14H17N3OS. The first-order chi connectivity index (χ1) is 8.99. The SMILES string of the molecule is CC(c1cccs1)N(C)C(=O)c1cc(N)cc(N)c1. The number of nitrogens with zero attached hydrogens (tertiary/aromatic N) is 1. The van der Waals surface area contributed by atoms with E-state index in [9.17, 15) is 4.79 Å². The quantitative estimate of drug-likeness (QED) is 0.846. The van der Waals surface area contributed by atoms with Crippen molar-refractivity contribution in [1.29, 1.82) is 0 Å². The van der Waals surface area contributed by atoms with Gasteiger partial charge in [0.25, 0.3) is 5.91 Å². The number of rotatable bonds is 3. The van der Waals surface area contributed by atoms with E-state index < -0.39 is 0 Å². The molecule has 1 aromatic carbocycles. The summed E-state index contributed by atoms with van der Waals surface area (Å²) >= 11 is 1.63. The van der Waals surface area contributed by atoms with Gasteiger partial charge in [0.2, 0.25) is 0 Å². The van der Waals surface area contributed by atoms with Crippen LogP contribution in [0.3, 0.4) is 0 Å². The molecule has 2 aromatic rings. The maximum absolute atomic E-state index is 12.4. The zero-order valence-corrected chi connectivity index (χ0v) is 11.8. The lowest BCUT2D eigenvalue weighted by atomic mass is 10.1. The van der Waals surface area contributed by atoms with Gasteiger partial charge in [-0.2, -0.15) is 0 Å². The second-order valence-electron chi connectivity index (χ2n) is 4.50. The number of benzene rings is 1. The Labute approximate surface area is 116 Å². The van der Waals surface area contributed by atoms with Crippen molar-refractivity contribution < 1.29 is 4.79 Å². The van der Waals surface area contributed by atoms with Crippen molar-refractivity contribution >= 4 is 28.6 Å². The van der Waals surface area contributed by atoms with Crippen LogP contribution < -0.4 is 11.5 Å². The summed E-state index contributed by atoms with van der Waals surface area (Å²) in [6.07, 6.45) is 0. The molecule has 4 N–H and O–H groups in total. The number of amides is 1. The monoisotopic (exact) mass is 275 g/mol. The lowest BCUT2D eigenvalue weighted by Crippen LogP contribution is -2.29. The van der Waals surface area contributed by atoms with Crippen molar-refractivity contribution in [3.05, 3.63) is 46.2 Å². The Bertz CT molecular complexity index is 560. The summed E-state index contributed by atoms with van der Waals surface area (Å²) < 4.78 is 0. The van der Waals surface area contributed by atoms with Crippen LogP contribution in [0.25, 0.3) is 0 Å². The molecule has 0 saturated carbocycles. The molecule has 1 aromatic heterocycles. The average Bonchev–Trinajstić information content (AvgIpc) is 2.88. The first-order valence-corrected chi connectivity index (χ1v) is 6.83. The van der Waals surface area contributed by atoms with Crippen molar-refractivity contribution in [3.8, 4) is 0 Å². The molecule has 19 heavy (non-hydrogen) atoms. The molecule has 0 aliphatic rings. The molecule has 0 aliphatic carbocycles. The Balaban J connectivity index is 2.23. The van der Waals surface area contributed by atoms with Crippen LogP contribution >= 0.6 is 11.3 Å². The van der Waals surface area contributed by atoms with Crippen molar-refractivity contribution in [3.63, 3.8) is 0 Å². The Morgan fingerprint density at radius 2 is 1.89 bits per heavy atom. The molecule has 100 valence electrons. The van der Waals surface area contributed by atoms with Gasteiger partial charge in [0.05, 0.1) is 6.04 Å². The molecule has 1 unspecified atom stereocenters. The topological polar surface area (TPSA) is 72.3 Å². The van der Waals surface area contributed by atoms with Crippen molar-refractivity contribution in [2.75, 3.05) is 18.5 Å². The predicted molar refractivity (Wildman–Crippen MR) is 80.1 cm³/mol. The summed E-state index contributed by atoms with van der Waals surface area (Å²) in [6.45, 7) is 2.00. The van der Waals surface area contributed by atoms with E-state index in [0.717, 1.165) is 4.88 Å². The fourth-order valence-corrected chi connectivity index (χ4v) is 2.73. The summed E-state index contributed by atoms with van der Waals surface area (Å²) in [4.78, 5) is 15.2. The van der Waals surface area contributed by atoms with E-state index in [1.54, 1.807) is 41.5 Å². The third-order valence-corrected chi connectivity index (χ3v) is 4.12. The van der Waals surface area contributed by atoms with Crippen molar-refractivity contribution in [2.24, 2.45) is 0 Å². The predicted octanol–water partition coefficient (Wildman–Crippen LogP) is 2.75. The van der Waals surface area contributed by atoms with Gasteiger partial charge in [0, 0.05) is 28.9 Å². The third kappa shape index (κ3) is 2.88. The minimum atomic E-state index is -0.0834. The molecule has 2 rings (SSSR count). The van der Waals surface area contributed by atoms with E-state index in [4.69, 9.17) is 11.5 Å². The van der Waals surface area contributed by atoms with Gasteiger partial charge in [0.15, 0.2) is 0 Å². The van der Waals surface area contributed by atoms with Gasteiger partial charge in [-0.3, -0.25) is 4.79 Å². The Kier molecular flexibility index (Phi) is 3.76. The number of nitrogens with two attached hydrogens (primary N) is 2. The number of hydrogen-bond acceptors (Lipinski definition) is 4. The molecule has 0 spiro atoms. The number of anilines is 2. The number of carbonyl (C=O) groups is 1. The lowest BCUT2D eigenvalue weighted by Gasteiger charge is -2.24. The highest BCUT2D eigenvalue weighted by Gasteiger charge is 2.20. The summed E-state index contributed by atoms with van der Waals surface area (Å²) in [7, 11) is 1.78. The minimum Gasteiger partial charge on any atom is -0.399 e. The fourth-order valence-electron chi connectivity index (χ4n) is 1.90. The Morgan fingerprint density at radius 3 is 2.42 bits per heavy atom. The van der Waals surface area contributed by atoms with Crippen LogP contribution in [0.2, 0.25) is 0 Å². The zero-order valence-electron chi connectivity index (χ0n) is 11.0. The summed E-state index contributed by atoms with van der Waals surface area (Å²) in [5, 5.41) is 2.00. The summed E-state index contributed by atoms with van der Waals surface area (Å²) in [5.41, 5.74) is 13.0. The molecule has 1 atom stereocenters. The van der Waals surface area contributed by atoms with Crippen LogP contribution in [0.4, 0.5) is 11.4 Å². The zero-order chi connectivity index (χ0) is 14.0. The van der Waals surface area contributed by atoms with E-state index in [-0.39, 0.29) is 11.9 Å². The van der Waals surface area contributed by atoms with Gasteiger partial charge in [-0.15, -0.1) is 11.3 Å². The maximum Gasteiger partial charge on any atom is 0.254 e. The number of nitrogen functional groups attached to an aromatic ring is 2. The van der Waals surface area contributed by atoms with Crippen LogP contribution in [0.1, 0.15) is 28.2 Å². The van der Waals surface area contributed by atoms with Crippen LogP contribution in [-0.4, -0.2) is 17.9 Å². The van der Waals surface area contributed by atoms with Gasteiger partial charge in [0.1, 0.15) is 0 Å². The largest absolute Gasteiger partial charge is 0.399 e. The van der Waals surface area contributed by atoms with Crippen LogP contribution in [0, 0.1) is 0 Å². The van der Waals surface area contributed by atoms with E-state index in [2.05, 4.69) is 0 Å². The van der Waals surface area contributed by atoms with E-state index >= 15 is 0 Å². The second-order valence-corrected chi connectivity index (χ2v) is 5.48. The van der Waals surface area contributed by atoms with Gasteiger partial charge in [-0.05, 0) is 36.6 Å². The highest BCUT2D eigenvalue weighted by molar-refractivity contribution is 7.10. The molecule has 1 heterocycles. The number of carbonyl (C=O) groups excluding carboxylic acids is 1. The molecule has 0 fully saturated rings. The minimum absolute atomic E-state index is 0.0233. The summed E-state index contributed by atoms with van der Waals surface area (Å²) in [5.74, 6) is -0.0834. The highest BCUT2D eigenvalue weighted by atomic mass is 32.1. The molecule has 1 amide bonds. The first kappa shape index (κ1) is 13.4. The summed E-state index contributed by atoms with van der Waals surface area (Å²) in [6, 6.07) is 8.96. The number of hydrogen-bond donors (Lipinski definition) is 2. The van der Waals surface area contributed by atoms with E-state index in [0.29, 0.717) is 16.9 Å². The Hall–Kier alpha value is -2.01. The Morgan fingerprint density at radius 1 is 1.26 bits per heavy atom. The van der Waals surface area contributed by atoms with Crippen LogP contribution in [0.15, 0.2) is 35.7 Å². The fraction of sp³-hybridized carbons (Fsp3) is 0.214.